The van der Waals surface area contributed by atoms with Gasteiger partial charge in [0.1, 0.15) is 0 Å². The van der Waals surface area contributed by atoms with Crippen LogP contribution in [0.5, 0.6) is 11.8 Å². The zero-order valence-corrected chi connectivity index (χ0v) is 26.2. The Labute approximate surface area is 234 Å². The summed E-state index contributed by atoms with van der Waals surface area (Å²) in [5, 5.41) is 29.7. The molecule has 0 saturated heterocycles. The Morgan fingerprint density at radius 2 is 1.53 bits per heavy atom. The highest BCUT2D eigenvalue weighted by Crippen LogP contribution is 2.41. The van der Waals surface area contributed by atoms with Crippen LogP contribution >= 0.6 is 11.8 Å². The van der Waals surface area contributed by atoms with Crippen LogP contribution in [0.3, 0.4) is 0 Å². The average Bonchev–Trinajstić information content (AvgIpc) is 3.35. The number of aryl methyl sites for hydroxylation is 1. The van der Waals surface area contributed by atoms with E-state index < -0.39 is 5.54 Å². The van der Waals surface area contributed by atoms with Gasteiger partial charge in [0.15, 0.2) is 5.88 Å². The molecule has 8 nitrogen and oxygen atoms in total. The van der Waals surface area contributed by atoms with Crippen LogP contribution in [0.15, 0.2) is 17.2 Å². The molecule has 0 aliphatic heterocycles. The minimum atomic E-state index is -0.501. The summed E-state index contributed by atoms with van der Waals surface area (Å²) >= 11 is 1.51. The van der Waals surface area contributed by atoms with Gasteiger partial charge in [-0.2, -0.15) is 0 Å². The van der Waals surface area contributed by atoms with Crippen LogP contribution in [-0.4, -0.2) is 59.9 Å². The highest BCUT2D eigenvalue weighted by molar-refractivity contribution is 7.99. The van der Waals surface area contributed by atoms with Crippen LogP contribution in [-0.2, 0) is 28.0 Å². The molecule has 0 bridgehead atoms. The standard InChI is InChI=1S/C29H52N4O4S/c1-11-26(3,4)14-17-37-29(9,10)20-22-21-32(31-30-22)16-13-28(7,8)36-18-15-27(5,6)33-24(34)19-23(25(33)35)38-12-2/h19,21,34-35H,11-18,20H2,1-10H3. The summed E-state index contributed by atoms with van der Waals surface area (Å²) in [5.74, 6) is 1.01. The molecule has 2 N–H and O–H groups in total. The summed E-state index contributed by atoms with van der Waals surface area (Å²) in [6.45, 7) is 23.1. The maximum Gasteiger partial charge on any atom is 0.208 e. The molecule has 0 fully saturated rings. The quantitative estimate of drug-likeness (QED) is 0.209. The third-order valence-electron chi connectivity index (χ3n) is 7.40. The van der Waals surface area contributed by atoms with E-state index in [1.807, 2.05) is 31.6 Å². The highest BCUT2D eigenvalue weighted by atomic mass is 32.2. The molecule has 0 radical (unpaired) electrons. The SMILES string of the molecule is CCSc1cc(O)n(C(C)(C)CCOC(C)(C)CCn2cc(CC(C)(C)OCCC(C)(C)CC)nn2)c1O. The van der Waals surface area contributed by atoms with Gasteiger partial charge >= 0.3 is 0 Å². The number of hydrogen-bond acceptors (Lipinski definition) is 7. The van der Waals surface area contributed by atoms with Crippen molar-refractivity contribution in [1.29, 1.82) is 0 Å². The Hall–Kier alpha value is -1.71. The van der Waals surface area contributed by atoms with Gasteiger partial charge in [-0.15, -0.1) is 16.9 Å². The van der Waals surface area contributed by atoms with Gasteiger partial charge in [-0.3, -0.25) is 9.25 Å². The smallest absolute Gasteiger partial charge is 0.208 e. The summed E-state index contributed by atoms with van der Waals surface area (Å²) in [7, 11) is 0. The van der Waals surface area contributed by atoms with E-state index in [-0.39, 0.29) is 23.0 Å². The zero-order valence-electron chi connectivity index (χ0n) is 25.4. The summed E-state index contributed by atoms with van der Waals surface area (Å²) < 4.78 is 15.9. The van der Waals surface area contributed by atoms with Gasteiger partial charge in [-0.1, -0.05) is 39.3 Å². The first kappa shape index (κ1) is 32.5. The number of aromatic hydroxyl groups is 2. The van der Waals surface area contributed by atoms with Crippen molar-refractivity contribution in [2.24, 2.45) is 5.41 Å². The van der Waals surface area contributed by atoms with Gasteiger partial charge in [0.05, 0.1) is 21.8 Å². The Balaban J connectivity index is 1.84. The lowest BCUT2D eigenvalue weighted by molar-refractivity contribution is -0.0369. The molecule has 2 heterocycles. The van der Waals surface area contributed by atoms with E-state index in [4.69, 9.17) is 9.47 Å². The molecular weight excluding hydrogens is 500 g/mol. The molecule has 2 aromatic heterocycles. The Kier molecular flexibility index (Phi) is 11.2. The summed E-state index contributed by atoms with van der Waals surface area (Å²) in [6, 6.07) is 1.63. The van der Waals surface area contributed by atoms with Crippen LogP contribution in [0.25, 0.3) is 0 Å². The van der Waals surface area contributed by atoms with Crippen LogP contribution in [0.2, 0.25) is 0 Å². The van der Waals surface area contributed by atoms with E-state index in [0.29, 0.717) is 36.3 Å². The molecule has 0 aliphatic rings. The first-order chi connectivity index (χ1) is 17.5. The molecule has 0 saturated carbocycles. The predicted molar refractivity (Wildman–Crippen MR) is 155 cm³/mol. The maximum atomic E-state index is 10.6. The second-order valence-corrected chi connectivity index (χ2v) is 14.2. The predicted octanol–water partition coefficient (Wildman–Crippen LogP) is 6.78. The largest absolute Gasteiger partial charge is 0.494 e. The van der Waals surface area contributed by atoms with Crippen molar-refractivity contribution in [3.8, 4) is 11.8 Å². The third-order valence-corrected chi connectivity index (χ3v) is 8.30. The fourth-order valence-corrected chi connectivity index (χ4v) is 4.98. The number of nitrogens with zero attached hydrogens (tertiary/aromatic N) is 4. The first-order valence-corrected chi connectivity index (χ1v) is 14.9. The fraction of sp³-hybridized carbons (Fsp3) is 0.793. The molecule has 38 heavy (non-hydrogen) atoms. The number of rotatable bonds is 17. The zero-order chi connectivity index (χ0) is 28.8. The molecule has 0 unspecified atom stereocenters. The van der Waals surface area contributed by atoms with Crippen molar-refractivity contribution in [2.75, 3.05) is 19.0 Å². The Morgan fingerprint density at radius 3 is 2.16 bits per heavy atom. The van der Waals surface area contributed by atoms with Crippen LogP contribution in [0.1, 0.15) is 101 Å². The van der Waals surface area contributed by atoms with Crippen molar-refractivity contribution < 1.29 is 19.7 Å². The highest BCUT2D eigenvalue weighted by Gasteiger charge is 2.29. The van der Waals surface area contributed by atoms with Crippen LogP contribution in [0, 0.1) is 5.41 Å². The molecule has 0 amide bonds. The van der Waals surface area contributed by atoms with Gasteiger partial charge in [0, 0.05) is 44.0 Å². The average molecular weight is 553 g/mol. The van der Waals surface area contributed by atoms with E-state index in [1.165, 1.54) is 11.8 Å². The number of aromatic nitrogens is 4. The van der Waals surface area contributed by atoms with Crippen molar-refractivity contribution in [3.05, 3.63) is 18.0 Å². The van der Waals surface area contributed by atoms with E-state index in [2.05, 4.69) is 58.8 Å². The Bertz CT molecular complexity index is 1010. The van der Waals surface area contributed by atoms with Gasteiger partial charge < -0.3 is 19.7 Å². The Morgan fingerprint density at radius 1 is 0.895 bits per heavy atom. The van der Waals surface area contributed by atoms with E-state index in [1.54, 1.807) is 10.6 Å². The van der Waals surface area contributed by atoms with Gasteiger partial charge in [-0.05, 0) is 72.0 Å². The molecule has 0 aliphatic carbocycles. The molecule has 2 rings (SSSR count). The normalized spacial score (nSPS) is 13.4. The van der Waals surface area contributed by atoms with Crippen molar-refractivity contribution in [1.82, 2.24) is 19.6 Å². The van der Waals surface area contributed by atoms with Crippen molar-refractivity contribution >= 4 is 11.8 Å². The number of hydrogen-bond donors (Lipinski definition) is 2. The monoisotopic (exact) mass is 552 g/mol. The molecular formula is C29H52N4O4S. The molecule has 2 aromatic rings. The molecule has 9 heteroatoms. The summed E-state index contributed by atoms with van der Waals surface area (Å²) in [4.78, 5) is 0.696. The van der Waals surface area contributed by atoms with Crippen LogP contribution < -0.4 is 0 Å². The van der Waals surface area contributed by atoms with Gasteiger partial charge in [0.25, 0.3) is 0 Å². The van der Waals surface area contributed by atoms with Crippen molar-refractivity contribution in [2.45, 2.75) is 130 Å². The minimum Gasteiger partial charge on any atom is -0.494 e. The fourth-order valence-electron chi connectivity index (χ4n) is 4.26. The van der Waals surface area contributed by atoms with Crippen molar-refractivity contribution in [3.63, 3.8) is 0 Å². The maximum absolute atomic E-state index is 10.6. The lowest BCUT2D eigenvalue weighted by Crippen LogP contribution is -2.32. The lowest BCUT2D eigenvalue weighted by Gasteiger charge is -2.31. The molecule has 0 aromatic carbocycles. The number of thioether (sulfide) groups is 1. The molecule has 0 atom stereocenters. The van der Waals surface area contributed by atoms with Gasteiger partial charge in [-0.25, -0.2) is 0 Å². The molecule has 218 valence electrons. The van der Waals surface area contributed by atoms with E-state index in [9.17, 15) is 10.2 Å². The first-order valence-electron chi connectivity index (χ1n) is 13.9. The minimum absolute atomic E-state index is 0.0723. The number of ether oxygens (including phenoxy) is 2. The third kappa shape index (κ3) is 9.79. The summed E-state index contributed by atoms with van der Waals surface area (Å²) in [6.07, 6.45) is 6.32. The topological polar surface area (TPSA) is 94.6 Å². The second kappa shape index (κ2) is 13.1. The van der Waals surface area contributed by atoms with Crippen LogP contribution in [0.4, 0.5) is 0 Å². The van der Waals surface area contributed by atoms with E-state index in [0.717, 1.165) is 37.3 Å². The van der Waals surface area contributed by atoms with Gasteiger partial charge in [0.2, 0.25) is 5.88 Å². The molecule has 0 spiro atoms. The second-order valence-electron chi connectivity index (χ2n) is 12.9. The van der Waals surface area contributed by atoms with E-state index >= 15 is 0 Å². The summed E-state index contributed by atoms with van der Waals surface area (Å²) in [5.41, 5.74) is 0.0716. The lowest BCUT2D eigenvalue weighted by atomic mass is 9.87.